The summed E-state index contributed by atoms with van der Waals surface area (Å²) in [6, 6.07) is 0. The van der Waals surface area contributed by atoms with E-state index in [1.807, 2.05) is 0 Å². The molecule has 0 atom stereocenters. The molecule has 3 heteroatoms. The van der Waals surface area contributed by atoms with E-state index in [0.29, 0.717) is 5.57 Å². The number of nitrogens with zero attached hydrogens (tertiary/aromatic N) is 1. The van der Waals surface area contributed by atoms with E-state index in [1.54, 1.807) is 6.92 Å². The predicted octanol–water partition coefficient (Wildman–Crippen LogP) is 2.76. The first-order valence-corrected chi connectivity index (χ1v) is 2.79. The average molecular weight is 145 g/mol. The van der Waals surface area contributed by atoms with Crippen LogP contribution in [0, 0.1) is 0 Å². The molecule has 0 aliphatic rings. The summed E-state index contributed by atoms with van der Waals surface area (Å²) in [4.78, 5) is 2.87. The van der Waals surface area contributed by atoms with Crippen molar-refractivity contribution in [1.82, 2.24) is 0 Å². The van der Waals surface area contributed by atoms with Crippen LogP contribution in [-0.2, 0) is 0 Å². The summed E-state index contributed by atoms with van der Waals surface area (Å²) in [7, 11) is 0. The van der Waals surface area contributed by atoms with Crippen molar-refractivity contribution in [1.29, 1.82) is 0 Å². The Hall–Kier alpha value is -0.990. The fraction of sp³-hybridized carbons (Fsp3) is 0.286. The molecule has 0 spiro atoms. The quantitative estimate of drug-likeness (QED) is 0.418. The van der Waals surface area contributed by atoms with Crippen LogP contribution in [0.2, 0.25) is 0 Å². The standard InChI is InChI=1S/C7H9F2N/c1-4-5(2)7(9)10-6(3)8/h4H,3H2,1-2H3/b5-4-,10-7+. The van der Waals surface area contributed by atoms with Crippen molar-refractivity contribution in [3.63, 3.8) is 0 Å². The van der Waals surface area contributed by atoms with Crippen molar-refractivity contribution in [3.8, 4) is 0 Å². The minimum absolute atomic E-state index is 0.304. The Bertz CT molecular complexity index is 192. The van der Waals surface area contributed by atoms with Gasteiger partial charge in [0.2, 0.25) is 11.9 Å². The second kappa shape index (κ2) is 3.93. The maximum absolute atomic E-state index is 12.4. The normalized spacial score (nSPS) is 13.6. The van der Waals surface area contributed by atoms with E-state index >= 15 is 0 Å². The van der Waals surface area contributed by atoms with Gasteiger partial charge in [0.1, 0.15) is 0 Å². The molecule has 0 aromatic carbocycles. The molecule has 0 aromatic rings. The smallest absolute Gasteiger partial charge is 0.191 e. The van der Waals surface area contributed by atoms with Gasteiger partial charge >= 0.3 is 0 Å². The van der Waals surface area contributed by atoms with Gasteiger partial charge in [-0.2, -0.15) is 13.8 Å². The molecule has 1 nitrogen and oxygen atoms in total. The highest BCUT2D eigenvalue weighted by Gasteiger charge is 1.97. The fourth-order valence-corrected chi connectivity index (χ4v) is 0.314. The maximum Gasteiger partial charge on any atom is 0.218 e. The Kier molecular flexibility index (Phi) is 3.54. The van der Waals surface area contributed by atoms with Crippen molar-refractivity contribution in [2.24, 2.45) is 4.99 Å². The third-order valence-electron chi connectivity index (χ3n) is 0.978. The Morgan fingerprint density at radius 2 is 2.00 bits per heavy atom. The first kappa shape index (κ1) is 9.01. The monoisotopic (exact) mass is 145 g/mol. The molecule has 0 rings (SSSR count). The summed E-state index contributed by atoms with van der Waals surface area (Å²) in [5, 5.41) is 0. The number of aliphatic imine (C=N–C) groups is 1. The Labute approximate surface area is 58.8 Å². The summed E-state index contributed by atoms with van der Waals surface area (Å²) >= 11 is 0. The SMILES string of the molecule is C=C(F)/N=C(F)\C(C)=C/C. The first-order chi connectivity index (χ1) is 4.57. The average Bonchev–Trinajstić information content (AvgIpc) is 1.85. The zero-order chi connectivity index (χ0) is 8.15. The van der Waals surface area contributed by atoms with Crippen LogP contribution in [0.4, 0.5) is 8.78 Å². The highest BCUT2D eigenvalue weighted by atomic mass is 19.1. The second-order valence-corrected chi connectivity index (χ2v) is 1.75. The molecule has 0 aliphatic carbocycles. The summed E-state index contributed by atoms with van der Waals surface area (Å²) < 4.78 is 24.2. The molecule has 0 amide bonds. The molecule has 10 heavy (non-hydrogen) atoms. The van der Waals surface area contributed by atoms with Gasteiger partial charge in [-0.3, -0.25) is 0 Å². The summed E-state index contributed by atoms with van der Waals surface area (Å²) in [6.07, 6.45) is 1.50. The minimum Gasteiger partial charge on any atom is -0.191 e. The molecule has 0 fully saturated rings. The van der Waals surface area contributed by atoms with Crippen LogP contribution in [0.1, 0.15) is 13.8 Å². The lowest BCUT2D eigenvalue weighted by atomic mass is 10.3. The van der Waals surface area contributed by atoms with Crippen LogP contribution in [0.5, 0.6) is 0 Å². The second-order valence-electron chi connectivity index (χ2n) is 1.75. The van der Waals surface area contributed by atoms with E-state index in [2.05, 4.69) is 11.6 Å². The van der Waals surface area contributed by atoms with Crippen molar-refractivity contribution >= 4 is 5.97 Å². The van der Waals surface area contributed by atoms with Gasteiger partial charge in [-0.15, -0.1) is 0 Å². The van der Waals surface area contributed by atoms with Gasteiger partial charge in [-0.1, -0.05) is 6.08 Å². The van der Waals surface area contributed by atoms with Crippen molar-refractivity contribution in [2.45, 2.75) is 13.8 Å². The lowest BCUT2D eigenvalue weighted by Gasteiger charge is -1.91. The van der Waals surface area contributed by atoms with E-state index in [1.165, 1.54) is 13.0 Å². The maximum atomic E-state index is 12.4. The van der Waals surface area contributed by atoms with Gasteiger partial charge < -0.3 is 0 Å². The lowest BCUT2D eigenvalue weighted by molar-refractivity contribution is 0.625. The zero-order valence-corrected chi connectivity index (χ0v) is 5.99. The van der Waals surface area contributed by atoms with Gasteiger partial charge in [0.15, 0.2) is 0 Å². The third kappa shape index (κ3) is 3.12. The van der Waals surface area contributed by atoms with Crippen LogP contribution in [0.3, 0.4) is 0 Å². The van der Waals surface area contributed by atoms with E-state index < -0.39 is 11.9 Å². The number of halogens is 2. The molecular formula is C7H9F2N. The van der Waals surface area contributed by atoms with Gasteiger partial charge in [-0.25, -0.2) is 0 Å². The molecule has 0 unspecified atom stereocenters. The van der Waals surface area contributed by atoms with Crippen LogP contribution in [-0.4, -0.2) is 5.97 Å². The van der Waals surface area contributed by atoms with Crippen LogP contribution >= 0.6 is 0 Å². The minimum atomic E-state index is -1.02. The van der Waals surface area contributed by atoms with E-state index in [-0.39, 0.29) is 0 Å². The van der Waals surface area contributed by atoms with E-state index in [9.17, 15) is 8.78 Å². The van der Waals surface area contributed by atoms with Gasteiger partial charge in [0.25, 0.3) is 0 Å². The Morgan fingerprint density at radius 1 is 1.50 bits per heavy atom. The summed E-state index contributed by atoms with van der Waals surface area (Å²) in [5.74, 6) is -1.84. The third-order valence-corrected chi connectivity index (χ3v) is 0.978. The van der Waals surface area contributed by atoms with Crippen LogP contribution in [0.15, 0.2) is 29.2 Å². The topological polar surface area (TPSA) is 12.4 Å². The van der Waals surface area contributed by atoms with Gasteiger partial charge in [0.05, 0.1) is 0 Å². The fourth-order valence-electron chi connectivity index (χ4n) is 0.314. The predicted molar refractivity (Wildman–Crippen MR) is 38.2 cm³/mol. The molecule has 0 aromatic heterocycles. The molecule has 0 bridgehead atoms. The molecule has 0 radical (unpaired) electrons. The van der Waals surface area contributed by atoms with Crippen LogP contribution < -0.4 is 0 Å². The number of allylic oxidation sites excluding steroid dienone is 2. The Morgan fingerprint density at radius 3 is 2.30 bits per heavy atom. The largest absolute Gasteiger partial charge is 0.218 e. The van der Waals surface area contributed by atoms with Crippen molar-refractivity contribution < 1.29 is 8.78 Å². The molecular weight excluding hydrogens is 136 g/mol. The lowest BCUT2D eigenvalue weighted by Crippen LogP contribution is -1.89. The van der Waals surface area contributed by atoms with E-state index in [0.717, 1.165) is 0 Å². The first-order valence-electron chi connectivity index (χ1n) is 2.79. The summed E-state index contributed by atoms with van der Waals surface area (Å²) in [6.45, 7) is 5.94. The number of hydrogen-bond donors (Lipinski definition) is 0. The molecule has 56 valence electrons. The highest BCUT2D eigenvalue weighted by molar-refractivity contribution is 5.92. The molecule has 0 N–H and O–H groups in total. The van der Waals surface area contributed by atoms with Gasteiger partial charge in [0, 0.05) is 0 Å². The molecule has 0 saturated carbocycles. The molecule has 0 heterocycles. The van der Waals surface area contributed by atoms with E-state index in [4.69, 9.17) is 0 Å². The molecule has 0 saturated heterocycles. The van der Waals surface area contributed by atoms with Crippen molar-refractivity contribution in [3.05, 3.63) is 24.2 Å². The van der Waals surface area contributed by atoms with Crippen molar-refractivity contribution in [2.75, 3.05) is 0 Å². The van der Waals surface area contributed by atoms with Crippen LogP contribution in [0.25, 0.3) is 0 Å². The summed E-state index contributed by atoms with van der Waals surface area (Å²) in [5.41, 5.74) is 0.304. The molecule has 0 aliphatic heterocycles. The Balaban J connectivity index is 4.35. The zero-order valence-electron chi connectivity index (χ0n) is 5.99. The van der Waals surface area contributed by atoms with Gasteiger partial charge in [-0.05, 0) is 26.0 Å². The number of hydrogen-bond acceptors (Lipinski definition) is 1. The number of rotatable bonds is 2. The highest BCUT2D eigenvalue weighted by Crippen LogP contribution is 2.02.